The first kappa shape index (κ1) is 7.31. The first-order chi connectivity index (χ1) is 5.79. The average Bonchev–Trinajstić information content (AvgIpc) is 2.47. The lowest BCUT2D eigenvalue weighted by Crippen LogP contribution is -2.22. The average molecular weight is 161 g/mol. The fraction of sp³-hybridized carbons (Fsp3) is 0.222. The van der Waals surface area contributed by atoms with Gasteiger partial charge in [0, 0.05) is 6.54 Å². The summed E-state index contributed by atoms with van der Waals surface area (Å²) < 4.78 is 0. The number of fused-ring (bicyclic) bond motifs is 1. The molecule has 1 aromatic carbocycles. The maximum Gasteiger partial charge on any atom is 0.260 e. The number of hydrogen-bond acceptors (Lipinski definition) is 2. The van der Waals surface area contributed by atoms with E-state index in [9.17, 15) is 4.79 Å². The highest BCUT2D eigenvalue weighted by molar-refractivity contribution is 5.82. The van der Waals surface area contributed by atoms with Gasteiger partial charge < -0.3 is 0 Å². The molecular formula is C9H9N2O. The molecule has 61 valence electrons. The van der Waals surface area contributed by atoms with Gasteiger partial charge in [-0.1, -0.05) is 24.3 Å². The Morgan fingerprint density at radius 2 is 2.25 bits per heavy atom. The van der Waals surface area contributed by atoms with E-state index in [1.807, 2.05) is 24.3 Å². The van der Waals surface area contributed by atoms with Gasteiger partial charge in [0.25, 0.3) is 5.91 Å². The predicted octanol–water partition coefficient (Wildman–Crippen LogP) is 0.640. The zero-order valence-electron chi connectivity index (χ0n) is 6.50. The molecule has 0 saturated carbocycles. The lowest BCUT2D eigenvalue weighted by Gasteiger charge is -2.04. The van der Waals surface area contributed by atoms with Gasteiger partial charge in [-0.05, 0) is 11.1 Å². The number of carbonyl (C=O) groups excluding carboxylic acids is 1. The minimum atomic E-state index is -0.556. The largest absolute Gasteiger partial charge is 0.298 e. The Kier molecular flexibility index (Phi) is 1.59. The number of amides is 1. The lowest BCUT2D eigenvalue weighted by molar-refractivity contribution is -0.120. The molecule has 0 spiro atoms. The normalized spacial score (nSPS) is 20.5. The van der Waals surface area contributed by atoms with Crippen LogP contribution in [0.5, 0.6) is 0 Å². The summed E-state index contributed by atoms with van der Waals surface area (Å²) in [5.74, 6) is -0.556. The van der Waals surface area contributed by atoms with E-state index in [2.05, 4.69) is 5.32 Å². The molecule has 0 bridgehead atoms. The number of hydrogen-bond donors (Lipinski definition) is 1. The fourth-order valence-electron chi connectivity index (χ4n) is 1.53. The van der Waals surface area contributed by atoms with Gasteiger partial charge in [-0.15, -0.1) is 0 Å². The predicted molar refractivity (Wildman–Crippen MR) is 44.1 cm³/mol. The van der Waals surface area contributed by atoms with Crippen LogP contribution in [-0.2, 0) is 11.3 Å². The van der Waals surface area contributed by atoms with Crippen molar-refractivity contribution in [2.75, 3.05) is 0 Å². The molecule has 0 fully saturated rings. The third-order valence-corrected chi connectivity index (χ3v) is 2.12. The Bertz CT molecular complexity index is 322. The van der Waals surface area contributed by atoms with Crippen molar-refractivity contribution in [3.8, 4) is 0 Å². The molecule has 1 aliphatic rings. The van der Waals surface area contributed by atoms with E-state index in [1.54, 1.807) is 0 Å². The van der Waals surface area contributed by atoms with Crippen LogP contribution < -0.4 is 11.1 Å². The molecular weight excluding hydrogens is 152 g/mol. The van der Waals surface area contributed by atoms with Crippen LogP contribution in [0, 0.1) is 0 Å². The monoisotopic (exact) mass is 161 g/mol. The number of nitrogens with one attached hydrogen (secondary N) is 2. The second-order valence-electron chi connectivity index (χ2n) is 2.88. The van der Waals surface area contributed by atoms with E-state index in [1.165, 1.54) is 0 Å². The highest BCUT2D eigenvalue weighted by atomic mass is 16.1. The summed E-state index contributed by atoms with van der Waals surface area (Å²) in [5.41, 5.74) is 9.09. The van der Waals surface area contributed by atoms with Crippen molar-refractivity contribution in [2.24, 2.45) is 0 Å². The summed E-state index contributed by atoms with van der Waals surface area (Å²) in [6.45, 7) is 0.700. The summed E-state index contributed by atoms with van der Waals surface area (Å²) >= 11 is 0. The van der Waals surface area contributed by atoms with Gasteiger partial charge in [-0.3, -0.25) is 15.8 Å². The highest BCUT2D eigenvalue weighted by Crippen LogP contribution is 2.24. The molecule has 12 heavy (non-hydrogen) atoms. The smallest absolute Gasteiger partial charge is 0.260 e. The Balaban J connectivity index is 2.42. The van der Waals surface area contributed by atoms with Crippen molar-refractivity contribution in [2.45, 2.75) is 12.6 Å². The summed E-state index contributed by atoms with van der Waals surface area (Å²) in [4.78, 5) is 10.8. The molecule has 1 aliphatic heterocycles. The molecule has 1 amide bonds. The molecule has 0 aliphatic carbocycles. The van der Waals surface area contributed by atoms with Crippen molar-refractivity contribution < 1.29 is 4.79 Å². The van der Waals surface area contributed by atoms with Crippen LogP contribution in [-0.4, -0.2) is 5.91 Å². The van der Waals surface area contributed by atoms with Crippen molar-refractivity contribution >= 4 is 5.91 Å². The molecule has 3 heteroatoms. The topological polar surface area (TPSA) is 52.9 Å². The minimum absolute atomic E-state index is 0.402. The van der Waals surface area contributed by atoms with Crippen LogP contribution in [0.3, 0.4) is 0 Å². The summed E-state index contributed by atoms with van der Waals surface area (Å²) in [6.07, 6.45) is 0. The molecule has 3 nitrogen and oxygen atoms in total. The number of rotatable bonds is 1. The second kappa shape index (κ2) is 2.60. The molecule has 1 atom stereocenters. The standard InChI is InChI=1S/C9H9N2O/c10-9(12)8-7-4-2-1-3-6(7)5-11-8/h1-4,8,10-11H,5H2. The number of benzene rings is 1. The van der Waals surface area contributed by atoms with Gasteiger partial charge in [0.05, 0.1) is 0 Å². The van der Waals surface area contributed by atoms with Crippen molar-refractivity contribution in [1.82, 2.24) is 11.1 Å². The van der Waals surface area contributed by atoms with Crippen LogP contribution in [0.4, 0.5) is 0 Å². The van der Waals surface area contributed by atoms with Gasteiger partial charge in [0.2, 0.25) is 0 Å². The third-order valence-electron chi connectivity index (χ3n) is 2.12. The van der Waals surface area contributed by atoms with E-state index in [-0.39, 0.29) is 0 Å². The lowest BCUT2D eigenvalue weighted by atomic mass is 10.1. The van der Waals surface area contributed by atoms with E-state index >= 15 is 0 Å². The SMILES string of the molecule is [NH]C(=O)C1NCc2ccccc21. The maximum atomic E-state index is 10.8. The van der Waals surface area contributed by atoms with Crippen LogP contribution in [0.1, 0.15) is 17.2 Å². The van der Waals surface area contributed by atoms with Crippen LogP contribution in [0.15, 0.2) is 24.3 Å². The molecule has 1 aromatic rings. The molecule has 1 unspecified atom stereocenters. The van der Waals surface area contributed by atoms with E-state index in [0.717, 1.165) is 11.1 Å². The van der Waals surface area contributed by atoms with E-state index < -0.39 is 11.9 Å². The van der Waals surface area contributed by atoms with Crippen molar-refractivity contribution in [1.29, 1.82) is 0 Å². The molecule has 0 saturated heterocycles. The molecule has 2 rings (SSSR count). The highest BCUT2D eigenvalue weighted by Gasteiger charge is 2.25. The molecule has 0 aromatic heterocycles. The Labute approximate surface area is 70.6 Å². The van der Waals surface area contributed by atoms with Gasteiger partial charge in [0.15, 0.2) is 0 Å². The number of carbonyl (C=O) groups is 1. The zero-order valence-corrected chi connectivity index (χ0v) is 6.50. The van der Waals surface area contributed by atoms with Crippen LogP contribution in [0.25, 0.3) is 0 Å². The molecule has 1 heterocycles. The maximum absolute atomic E-state index is 10.8. The van der Waals surface area contributed by atoms with E-state index in [4.69, 9.17) is 5.73 Å². The first-order valence-corrected chi connectivity index (χ1v) is 3.85. The summed E-state index contributed by atoms with van der Waals surface area (Å²) in [7, 11) is 0. The zero-order chi connectivity index (χ0) is 8.55. The third kappa shape index (κ3) is 0.987. The van der Waals surface area contributed by atoms with E-state index in [0.29, 0.717) is 6.54 Å². The fourth-order valence-corrected chi connectivity index (χ4v) is 1.53. The van der Waals surface area contributed by atoms with Gasteiger partial charge in [-0.25, -0.2) is 0 Å². The molecule has 1 radical (unpaired) electrons. The summed E-state index contributed by atoms with van der Waals surface area (Å²) in [6, 6.07) is 7.30. The quantitative estimate of drug-likeness (QED) is 0.657. The Hall–Kier alpha value is -1.35. The second-order valence-corrected chi connectivity index (χ2v) is 2.88. The van der Waals surface area contributed by atoms with Gasteiger partial charge in [-0.2, -0.15) is 0 Å². The van der Waals surface area contributed by atoms with Crippen molar-refractivity contribution in [3.63, 3.8) is 0 Å². The van der Waals surface area contributed by atoms with Gasteiger partial charge in [0.1, 0.15) is 6.04 Å². The molecule has 2 N–H and O–H groups in total. The minimum Gasteiger partial charge on any atom is -0.298 e. The van der Waals surface area contributed by atoms with Crippen molar-refractivity contribution in [3.05, 3.63) is 35.4 Å². The summed E-state index contributed by atoms with van der Waals surface area (Å²) in [5, 5.41) is 2.98. The Morgan fingerprint density at radius 3 is 3.00 bits per heavy atom. The van der Waals surface area contributed by atoms with Gasteiger partial charge >= 0.3 is 0 Å². The van der Waals surface area contributed by atoms with Crippen LogP contribution >= 0.6 is 0 Å². The van der Waals surface area contributed by atoms with Crippen LogP contribution in [0.2, 0.25) is 0 Å². The Morgan fingerprint density at radius 1 is 1.50 bits per heavy atom. The first-order valence-electron chi connectivity index (χ1n) is 3.85.